The number of anilines is 1. The molecule has 0 spiro atoms. The van der Waals surface area contributed by atoms with E-state index in [0.717, 1.165) is 24.3 Å². The minimum Gasteiger partial charge on any atom is -0.378 e. The van der Waals surface area contributed by atoms with Crippen molar-refractivity contribution in [3.8, 4) is 0 Å². The van der Waals surface area contributed by atoms with Gasteiger partial charge in [0.05, 0.1) is 18.8 Å². The van der Waals surface area contributed by atoms with Gasteiger partial charge in [-0.25, -0.2) is 0 Å². The van der Waals surface area contributed by atoms with Gasteiger partial charge in [0.15, 0.2) is 11.6 Å². The van der Waals surface area contributed by atoms with Gasteiger partial charge < -0.3 is 9.64 Å². The van der Waals surface area contributed by atoms with Gasteiger partial charge in [0.1, 0.15) is 0 Å². The molecular formula is C30H34N2O3. The van der Waals surface area contributed by atoms with Crippen molar-refractivity contribution in [2.24, 2.45) is 0 Å². The number of hydrogen-bond donors (Lipinski definition) is 0. The molecule has 0 amide bonds. The van der Waals surface area contributed by atoms with Crippen LogP contribution in [0, 0.1) is 0 Å². The number of hydrogen-bond acceptors (Lipinski definition) is 5. The summed E-state index contributed by atoms with van der Waals surface area (Å²) in [5.74, 6) is -0.159. The summed E-state index contributed by atoms with van der Waals surface area (Å²) in [7, 11) is 3.89. The molecule has 1 saturated heterocycles. The van der Waals surface area contributed by atoms with Crippen molar-refractivity contribution in [1.82, 2.24) is 4.90 Å². The molecule has 3 aromatic carbocycles. The predicted octanol–water partition coefficient (Wildman–Crippen LogP) is 4.89. The third-order valence-corrected chi connectivity index (χ3v) is 7.13. The largest absolute Gasteiger partial charge is 0.378 e. The number of nitrogens with zero attached hydrogens (tertiary/aromatic N) is 2. The summed E-state index contributed by atoms with van der Waals surface area (Å²) in [6.45, 7) is 5.15. The smallest absolute Gasteiger partial charge is 0.193 e. The summed E-state index contributed by atoms with van der Waals surface area (Å²) < 4.78 is 5.44. The summed E-state index contributed by atoms with van der Waals surface area (Å²) in [4.78, 5) is 32.0. The van der Waals surface area contributed by atoms with Crippen LogP contribution in [0.4, 0.5) is 5.69 Å². The standard InChI is InChI=1S/C30H34N2O3/c1-4-30(31(2)3,22-23-10-6-5-7-11-23)29(34)27-13-9-8-12-26(27)28(33)24-14-16-25(17-15-24)32-18-20-35-21-19-32/h5-17H,4,18-22H2,1-3H3. The van der Waals surface area contributed by atoms with Gasteiger partial charge in [-0.15, -0.1) is 0 Å². The molecule has 1 fully saturated rings. The maximum absolute atomic E-state index is 14.1. The minimum absolute atomic E-state index is 0.0252. The van der Waals surface area contributed by atoms with Crippen molar-refractivity contribution in [3.63, 3.8) is 0 Å². The van der Waals surface area contributed by atoms with E-state index in [4.69, 9.17) is 4.74 Å². The van der Waals surface area contributed by atoms with Crippen LogP contribution in [0.3, 0.4) is 0 Å². The zero-order chi connectivity index (χ0) is 24.8. The molecule has 4 rings (SSSR count). The fourth-order valence-electron chi connectivity index (χ4n) is 4.91. The number of morpholine rings is 1. The number of carbonyl (C=O) groups excluding carboxylic acids is 2. The quantitative estimate of drug-likeness (QED) is 0.417. The molecule has 35 heavy (non-hydrogen) atoms. The molecular weight excluding hydrogens is 436 g/mol. The highest BCUT2D eigenvalue weighted by Crippen LogP contribution is 2.30. The molecule has 3 aromatic rings. The average molecular weight is 471 g/mol. The van der Waals surface area contributed by atoms with Crippen LogP contribution in [0.1, 0.15) is 45.2 Å². The van der Waals surface area contributed by atoms with E-state index in [1.54, 1.807) is 12.1 Å². The Balaban J connectivity index is 1.65. The molecule has 0 saturated carbocycles. The SMILES string of the molecule is CCC(Cc1ccccc1)(C(=O)c1ccccc1C(=O)c1ccc(N2CCOCC2)cc1)N(C)C. The monoisotopic (exact) mass is 470 g/mol. The summed E-state index contributed by atoms with van der Waals surface area (Å²) in [6.07, 6.45) is 1.21. The lowest BCUT2D eigenvalue weighted by Gasteiger charge is -2.38. The van der Waals surface area contributed by atoms with Gasteiger partial charge in [-0.2, -0.15) is 0 Å². The number of likely N-dealkylation sites (N-methyl/N-ethyl adjacent to an activating group) is 1. The third-order valence-electron chi connectivity index (χ3n) is 7.13. The fraction of sp³-hybridized carbons (Fsp3) is 0.333. The van der Waals surface area contributed by atoms with E-state index in [1.165, 1.54) is 0 Å². The topological polar surface area (TPSA) is 49.9 Å². The van der Waals surface area contributed by atoms with Gasteiger partial charge in [-0.1, -0.05) is 61.5 Å². The Morgan fingerprint density at radius 2 is 1.46 bits per heavy atom. The Kier molecular flexibility index (Phi) is 7.79. The molecule has 0 N–H and O–H groups in total. The lowest BCUT2D eigenvalue weighted by molar-refractivity contribution is 0.0663. The van der Waals surface area contributed by atoms with E-state index < -0.39 is 5.54 Å². The van der Waals surface area contributed by atoms with Crippen LogP contribution in [-0.4, -0.2) is 62.4 Å². The molecule has 5 heteroatoms. The van der Waals surface area contributed by atoms with Crippen LogP contribution in [0.2, 0.25) is 0 Å². The molecule has 182 valence electrons. The van der Waals surface area contributed by atoms with E-state index in [1.807, 2.05) is 92.6 Å². The molecule has 5 nitrogen and oxygen atoms in total. The molecule has 0 bridgehead atoms. The summed E-state index contributed by atoms with van der Waals surface area (Å²) in [5, 5.41) is 0. The molecule has 0 aliphatic carbocycles. The third kappa shape index (κ3) is 5.21. The number of rotatable bonds is 9. The second kappa shape index (κ2) is 11.0. The Bertz CT molecular complexity index is 1150. The number of benzene rings is 3. The van der Waals surface area contributed by atoms with Gasteiger partial charge >= 0.3 is 0 Å². The first-order chi connectivity index (χ1) is 17.0. The molecule has 1 aliphatic heterocycles. The highest BCUT2D eigenvalue weighted by atomic mass is 16.5. The first kappa shape index (κ1) is 24.8. The van der Waals surface area contributed by atoms with Crippen LogP contribution < -0.4 is 4.90 Å². The van der Waals surface area contributed by atoms with Crippen LogP contribution in [-0.2, 0) is 11.2 Å². The van der Waals surface area contributed by atoms with E-state index >= 15 is 0 Å². The summed E-state index contributed by atoms with van der Waals surface area (Å²) in [6, 6.07) is 25.0. The first-order valence-electron chi connectivity index (χ1n) is 12.3. The molecule has 0 aromatic heterocycles. The van der Waals surface area contributed by atoms with E-state index in [0.29, 0.717) is 42.7 Å². The van der Waals surface area contributed by atoms with Crippen molar-refractivity contribution in [2.75, 3.05) is 45.3 Å². The normalized spacial score (nSPS) is 15.6. The van der Waals surface area contributed by atoms with Crippen molar-refractivity contribution in [2.45, 2.75) is 25.3 Å². The van der Waals surface area contributed by atoms with Gasteiger partial charge in [0.2, 0.25) is 0 Å². The highest BCUT2D eigenvalue weighted by Gasteiger charge is 2.40. The fourth-order valence-corrected chi connectivity index (χ4v) is 4.91. The van der Waals surface area contributed by atoms with E-state index in [2.05, 4.69) is 4.90 Å². The molecule has 1 atom stereocenters. The van der Waals surface area contributed by atoms with E-state index in [9.17, 15) is 9.59 Å². The first-order valence-corrected chi connectivity index (χ1v) is 12.3. The van der Waals surface area contributed by atoms with Crippen molar-refractivity contribution in [1.29, 1.82) is 0 Å². The second-order valence-corrected chi connectivity index (χ2v) is 9.29. The molecule has 1 heterocycles. The maximum atomic E-state index is 14.1. The van der Waals surface area contributed by atoms with Crippen molar-refractivity contribution < 1.29 is 14.3 Å². The van der Waals surface area contributed by atoms with Gasteiger partial charge in [0, 0.05) is 35.5 Å². The van der Waals surface area contributed by atoms with Gasteiger partial charge in [0.25, 0.3) is 0 Å². The lowest BCUT2D eigenvalue weighted by Crippen LogP contribution is -2.52. The zero-order valence-corrected chi connectivity index (χ0v) is 20.9. The molecule has 0 radical (unpaired) electrons. The van der Waals surface area contributed by atoms with Crippen LogP contribution >= 0.6 is 0 Å². The number of carbonyl (C=O) groups is 2. The Hall–Kier alpha value is -3.28. The number of Topliss-reactive ketones (excluding diaryl/α,β-unsaturated/α-hetero) is 1. The summed E-state index contributed by atoms with van der Waals surface area (Å²) in [5.41, 5.74) is 2.93. The van der Waals surface area contributed by atoms with Gasteiger partial charge in [-0.05, 0) is 56.8 Å². The lowest BCUT2D eigenvalue weighted by atomic mass is 9.78. The van der Waals surface area contributed by atoms with Crippen LogP contribution in [0.25, 0.3) is 0 Å². The average Bonchev–Trinajstić information content (AvgIpc) is 2.92. The van der Waals surface area contributed by atoms with Crippen molar-refractivity contribution in [3.05, 3.63) is 101 Å². The number of ketones is 2. The van der Waals surface area contributed by atoms with Gasteiger partial charge in [-0.3, -0.25) is 14.5 Å². The second-order valence-electron chi connectivity index (χ2n) is 9.29. The van der Waals surface area contributed by atoms with E-state index in [-0.39, 0.29) is 11.6 Å². The Morgan fingerprint density at radius 3 is 2.06 bits per heavy atom. The predicted molar refractivity (Wildman–Crippen MR) is 141 cm³/mol. The molecule has 1 unspecified atom stereocenters. The number of ether oxygens (including phenoxy) is 1. The highest BCUT2D eigenvalue weighted by molar-refractivity contribution is 6.17. The summed E-state index contributed by atoms with van der Waals surface area (Å²) >= 11 is 0. The van der Waals surface area contributed by atoms with Crippen LogP contribution in [0.5, 0.6) is 0 Å². The zero-order valence-electron chi connectivity index (χ0n) is 20.9. The van der Waals surface area contributed by atoms with Crippen LogP contribution in [0.15, 0.2) is 78.9 Å². The molecule has 1 aliphatic rings. The minimum atomic E-state index is -0.752. The Morgan fingerprint density at radius 1 is 0.857 bits per heavy atom. The Labute approximate surface area is 208 Å². The van der Waals surface area contributed by atoms with Crippen molar-refractivity contribution >= 4 is 17.3 Å². The maximum Gasteiger partial charge on any atom is 0.193 e.